The van der Waals surface area contributed by atoms with Crippen LogP contribution in [0.2, 0.25) is 0 Å². The standard InChI is InChI=1S/C21H27N3O3/c1-26-14-15-27-20-8-3-2-7-19(20)21(25)23-17-9-12-24(13-10-17)16-18-6-4-5-11-22-18/h2-8,11,17H,9-10,12-16H2,1H3,(H,23,25). The van der Waals surface area contributed by atoms with Gasteiger partial charge >= 0.3 is 0 Å². The Morgan fingerprint density at radius 1 is 1.15 bits per heavy atom. The maximum absolute atomic E-state index is 12.7. The van der Waals surface area contributed by atoms with Crippen molar-refractivity contribution in [3.63, 3.8) is 0 Å². The first-order chi connectivity index (χ1) is 13.3. The second-order valence-electron chi connectivity index (χ2n) is 6.68. The van der Waals surface area contributed by atoms with Crippen molar-refractivity contribution in [3.05, 3.63) is 59.9 Å². The van der Waals surface area contributed by atoms with Crippen LogP contribution in [-0.2, 0) is 11.3 Å². The van der Waals surface area contributed by atoms with Gasteiger partial charge in [0.2, 0.25) is 0 Å². The molecular weight excluding hydrogens is 342 g/mol. The molecule has 1 aliphatic rings. The Bertz CT molecular complexity index is 716. The number of likely N-dealkylation sites (tertiary alicyclic amines) is 1. The van der Waals surface area contributed by atoms with Gasteiger partial charge in [0.25, 0.3) is 5.91 Å². The summed E-state index contributed by atoms with van der Waals surface area (Å²) in [6.45, 7) is 3.68. The number of nitrogens with one attached hydrogen (secondary N) is 1. The van der Waals surface area contributed by atoms with E-state index in [0.29, 0.717) is 24.5 Å². The van der Waals surface area contributed by atoms with E-state index in [1.54, 1.807) is 13.2 Å². The fourth-order valence-corrected chi connectivity index (χ4v) is 3.23. The van der Waals surface area contributed by atoms with Crippen molar-refractivity contribution in [1.82, 2.24) is 15.2 Å². The van der Waals surface area contributed by atoms with E-state index < -0.39 is 0 Å². The zero-order chi connectivity index (χ0) is 18.9. The second kappa shape index (κ2) is 10.0. The van der Waals surface area contributed by atoms with Crippen molar-refractivity contribution in [1.29, 1.82) is 0 Å². The van der Waals surface area contributed by atoms with E-state index in [1.165, 1.54) is 0 Å². The molecule has 2 aromatic rings. The number of carbonyl (C=O) groups excluding carboxylic acids is 1. The summed E-state index contributed by atoms with van der Waals surface area (Å²) in [5.41, 5.74) is 1.66. The van der Waals surface area contributed by atoms with Gasteiger partial charge in [-0.1, -0.05) is 18.2 Å². The van der Waals surface area contributed by atoms with Crippen LogP contribution in [0.25, 0.3) is 0 Å². The SMILES string of the molecule is COCCOc1ccccc1C(=O)NC1CCN(Cc2ccccn2)CC1. The lowest BCUT2D eigenvalue weighted by Crippen LogP contribution is -2.44. The van der Waals surface area contributed by atoms with Gasteiger partial charge in [0.1, 0.15) is 12.4 Å². The van der Waals surface area contributed by atoms with Gasteiger partial charge in [-0.3, -0.25) is 14.7 Å². The van der Waals surface area contributed by atoms with Crippen molar-refractivity contribution in [2.75, 3.05) is 33.4 Å². The Balaban J connectivity index is 1.49. The Labute approximate surface area is 160 Å². The fourth-order valence-electron chi connectivity index (χ4n) is 3.23. The van der Waals surface area contributed by atoms with Crippen LogP contribution in [0.3, 0.4) is 0 Å². The third-order valence-electron chi connectivity index (χ3n) is 4.71. The van der Waals surface area contributed by atoms with Crippen LogP contribution in [-0.4, -0.2) is 55.2 Å². The Morgan fingerprint density at radius 2 is 1.93 bits per heavy atom. The number of aromatic nitrogens is 1. The van der Waals surface area contributed by atoms with E-state index in [9.17, 15) is 4.79 Å². The molecule has 6 heteroatoms. The summed E-state index contributed by atoms with van der Waals surface area (Å²) in [5.74, 6) is 0.519. The lowest BCUT2D eigenvalue weighted by molar-refractivity contribution is 0.0901. The number of piperidine rings is 1. The number of ether oxygens (including phenoxy) is 2. The zero-order valence-electron chi connectivity index (χ0n) is 15.8. The highest BCUT2D eigenvalue weighted by molar-refractivity contribution is 5.97. The predicted molar refractivity (Wildman–Crippen MR) is 104 cm³/mol. The van der Waals surface area contributed by atoms with Crippen molar-refractivity contribution >= 4 is 5.91 Å². The molecule has 0 spiro atoms. The van der Waals surface area contributed by atoms with Crippen molar-refractivity contribution in [2.24, 2.45) is 0 Å². The molecule has 0 radical (unpaired) electrons. The number of pyridine rings is 1. The molecule has 0 saturated carbocycles. The third kappa shape index (κ3) is 5.77. The fraction of sp³-hybridized carbons (Fsp3) is 0.429. The number of hydrogen-bond donors (Lipinski definition) is 1. The Kier molecular flexibility index (Phi) is 7.19. The molecule has 1 amide bonds. The van der Waals surface area contributed by atoms with Gasteiger partial charge in [-0.15, -0.1) is 0 Å². The minimum Gasteiger partial charge on any atom is -0.490 e. The van der Waals surface area contributed by atoms with Gasteiger partial charge in [-0.25, -0.2) is 0 Å². The van der Waals surface area contributed by atoms with Crippen molar-refractivity contribution in [2.45, 2.75) is 25.4 Å². The molecule has 1 aromatic heterocycles. The Hall–Kier alpha value is -2.44. The normalized spacial score (nSPS) is 15.4. The minimum absolute atomic E-state index is 0.0776. The molecule has 1 N–H and O–H groups in total. The highest BCUT2D eigenvalue weighted by Gasteiger charge is 2.22. The van der Waals surface area contributed by atoms with Crippen LogP contribution in [0.15, 0.2) is 48.7 Å². The summed E-state index contributed by atoms with van der Waals surface area (Å²) in [4.78, 5) is 19.5. The Morgan fingerprint density at radius 3 is 2.67 bits per heavy atom. The van der Waals surface area contributed by atoms with Crippen LogP contribution < -0.4 is 10.1 Å². The molecule has 1 saturated heterocycles. The monoisotopic (exact) mass is 369 g/mol. The molecule has 1 fully saturated rings. The van der Waals surface area contributed by atoms with Crippen LogP contribution in [0.1, 0.15) is 28.9 Å². The summed E-state index contributed by atoms with van der Waals surface area (Å²) >= 11 is 0. The quantitative estimate of drug-likeness (QED) is 0.725. The molecule has 0 unspecified atom stereocenters. The largest absolute Gasteiger partial charge is 0.490 e. The highest BCUT2D eigenvalue weighted by Crippen LogP contribution is 2.19. The molecule has 144 valence electrons. The van der Waals surface area contributed by atoms with Crippen LogP contribution in [0.4, 0.5) is 0 Å². The molecule has 6 nitrogen and oxygen atoms in total. The molecular formula is C21H27N3O3. The maximum Gasteiger partial charge on any atom is 0.255 e. The molecule has 3 rings (SSSR count). The van der Waals surface area contributed by atoms with E-state index in [2.05, 4.69) is 15.2 Å². The van der Waals surface area contributed by atoms with Gasteiger partial charge in [-0.05, 0) is 37.1 Å². The number of carbonyl (C=O) groups is 1. The summed E-state index contributed by atoms with van der Waals surface area (Å²) in [5, 5.41) is 3.16. The summed E-state index contributed by atoms with van der Waals surface area (Å²) < 4.78 is 10.7. The summed E-state index contributed by atoms with van der Waals surface area (Å²) in [6, 6.07) is 13.5. The van der Waals surface area contributed by atoms with E-state index in [-0.39, 0.29) is 11.9 Å². The predicted octanol–water partition coefficient (Wildman–Crippen LogP) is 2.50. The number of para-hydroxylation sites is 1. The van der Waals surface area contributed by atoms with Gasteiger partial charge in [-0.2, -0.15) is 0 Å². The van der Waals surface area contributed by atoms with Crippen molar-refractivity contribution < 1.29 is 14.3 Å². The third-order valence-corrected chi connectivity index (χ3v) is 4.71. The number of methoxy groups -OCH3 is 1. The number of rotatable bonds is 8. The topological polar surface area (TPSA) is 63.7 Å². The summed E-state index contributed by atoms with van der Waals surface area (Å²) in [6.07, 6.45) is 3.70. The first kappa shape index (κ1) is 19.3. The molecule has 2 heterocycles. The van der Waals surface area contributed by atoms with Gasteiger partial charge in [0.05, 0.1) is 17.9 Å². The average Bonchev–Trinajstić information content (AvgIpc) is 2.71. The van der Waals surface area contributed by atoms with Crippen LogP contribution in [0.5, 0.6) is 5.75 Å². The molecule has 0 aliphatic carbocycles. The summed E-state index contributed by atoms with van der Waals surface area (Å²) in [7, 11) is 1.63. The number of hydrogen-bond acceptors (Lipinski definition) is 5. The first-order valence-electron chi connectivity index (χ1n) is 9.40. The number of nitrogens with zero attached hydrogens (tertiary/aromatic N) is 2. The zero-order valence-corrected chi connectivity index (χ0v) is 15.8. The van der Waals surface area contributed by atoms with Crippen LogP contribution in [0, 0.1) is 0 Å². The molecule has 27 heavy (non-hydrogen) atoms. The van der Waals surface area contributed by atoms with E-state index in [0.717, 1.165) is 38.2 Å². The smallest absolute Gasteiger partial charge is 0.255 e. The first-order valence-corrected chi connectivity index (χ1v) is 9.40. The van der Waals surface area contributed by atoms with Crippen LogP contribution >= 0.6 is 0 Å². The van der Waals surface area contributed by atoms with Gasteiger partial charge in [0.15, 0.2) is 0 Å². The lowest BCUT2D eigenvalue weighted by Gasteiger charge is -2.32. The van der Waals surface area contributed by atoms with E-state index in [1.807, 2.05) is 42.6 Å². The minimum atomic E-state index is -0.0776. The molecule has 0 bridgehead atoms. The second-order valence-corrected chi connectivity index (χ2v) is 6.68. The van der Waals surface area contributed by atoms with Crippen molar-refractivity contribution in [3.8, 4) is 5.75 Å². The van der Waals surface area contributed by atoms with E-state index in [4.69, 9.17) is 9.47 Å². The van der Waals surface area contributed by atoms with E-state index >= 15 is 0 Å². The lowest BCUT2D eigenvalue weighted by atomic mass is 10.0. The average molecular weight is 369 g/mol. The molecule has 1 aliphatic heterocycles. The number of amides is 1. The maximum atomic E-state index is 12.7. The van der Waals surface area contributed by atoms with Gasteiger partial charge in [0, 0.05) is 39.0 Å². The molecule has 1 aromatic carbocycles. The highest BCUT2D eigenvalue weighted by atomic mass is 16.5. The van der Waals surface area contributed by atoms with Gasteiger partial charge < -0.3 is 14.8 Å². The number of benzene rings is 1. The molecule has 0 atom stereocenters.